The molecule has 5 aliphatic heterocycles. The molecule has 1 aromatic heterocycles. The van der Waals surface area contributed by atoms with Gasteiger partial charge >= 0.3 is 0 Å². The predicted molar refractivity (Wildman–Crippen MR) is 120 cm³/mol. The van der Waals surface area contributed by atoms with Crippen LogP contribution in [0.25, 0.3) is 10.9 Å². The van der Waals surface area contributed by atoms with Crippen LogP contribution in [0.2, 0.25) is 0 Å². The van der Waals surface area contributed by atoms with Gasteiger partial charge in [0.1, 0.15) is 6.10 Å². The maximum Gasteiger partial charge on any atom is 0.198 e. The van der Waals surface area contributed by atoms with E-state index in [2.05, 4.69) is 54.8 Å². The normalized spacial score (nSPS) is 45.6. The lowest BCUT2D eigenvalue weighted by Crippen LogP contribution is -2.60. The fraction of sp³-hybridized carbons (Fsp3) is 0.692. The van der Waals surface area contributed by atoms with E-state index in [0.717, 1.165) is 32.1 Å². The molecule has 0 radical (unpaired) electrons. The first-order valence-electron chi connectivity index (χ1n) is 12.4. The van der Waals surface area contributed by atoms with E-state index in [1.54, 1.807) is 0 Å². The lowest BCUT2D eigenvalue weighted by molar-refractivity contribution is -0.365. The molecule has 4 saturated heterocycles. The predicted octanol–water partition coefficient (Wildman–Crippen LogP) is 3.36. The van der Waals surface area contributed by atoms with Gasteiger partial charge in [-0.1, -0.05) is 18.2 Å². The number of nitrogens with zero attached hydrogens (tertiary/aromatic N) is 2. The summed E-state index contributed by atoms with van der Waals surface area (Å²) in [6.07, 6.45) is 3.97. The maximum atomic E-state index is 10.9. The third-order valence-corrected chi connectivity index (χ3v) is 9.65. The van der Waals surface area contributed by atoms with E-state index < -0.39 is 17.7 Å². The van der Waals surface area contributed by atoms with Crippen LogP contribution in [0.5, 0.6) is 0 Å². The standard InChI is InChI=1S/C26H34N2O4/c1-25-19(13-26(32-25)23(29)9-6-10-30-26)16-11-22-24-17(12-21(27(22)2)18(16)14-31-25)15-7-4-5-8-20(15)28(24)3/h4-5,7-8,16,18-19,21-23,29H,6,9-14H2,1-3H3/t16-,18-,19+,21-,22-,23+,25+,26-/m0/s1. The van der Waals surface area contributed by atoms with Crippen LogP contribution in [0, 0.1) is 17.8 Å². The second-order valence-corrected chi connectivity index (χ2v) is 11.0. The van der Waals surface area contributed by atoms with Gasteiger partial charge in [0.2, 0.25) is 0 Å². The average Bonchev–Trinajstić information content (AvgIpc) is 3.23. The summed E-state index contributed by atoms with van der Waals surface area (Å²) < 4.78 is 21.6. The monoisotopic (exact) mass is 438 g/mol. The van der Waals surface area contributed by atoms with E-state index in [4.69, 9.17) is 14.2 Å². The maximum absolute atomic E-state index is 10.9. The second kappa shape index (κ2) is 6.57. The number of fused-ring (bicyclic) bond motifs is 10. The van der Waals surface area contributed by atoms with Gasteiger partial charge in [-0.25, -0.2) is 0 Å². The third-order valence-electron chi connectivity index (χ3n) is 9.65. The van der Waals surface area contributed by atoms with E-state index in [0.29, 0.717) is 37.1 Å². The van der Waals surface area contributed by atoms with Crippen molar-refractivity contribution in [1.29, 1.82) is 0 Å². The highest BCUT2D eigenvalue weighted by Crippen LogP contribution is 2.60. The topological polar surface area (TPSA) is 56.1 Å². The Kier molecular flexibility index (Phi) is 4.10. The Hall–Kier alpha value is -1.44. The van der Waals surface area contributed by atoms with Gasteiger partial charge < -0.3 is 23.9 Å². The van der Waals surface area contributed by atoms with Gasteiger partial charge in [0.05, 0.1) is 19.3 Å². The number of ether oxygens (including phenoxy) is 3. The van der Waals surface area contributed by atoms with Crippen molar-refractivity contribution in [2.24, 2.45) is 24.8 Å². The van der Waals surface area contributed by atoms with Crippen LogP contribution >= 0.6 is 0 Å². The fourth-order valence-electron chi connectivity index (χ4n) is 8.08. The molecule has 7 rings (SSSR count). The van der Waals surface area contributed by atoms with E-state index in [-0.39, 0.29) is 5.92 Å². The van der Waals surface area contributed by atoms with Crippen LogP contribution in [0.15, 0.2) is 24.3 Å². The summed E-state index contributed by atoms with van der Waals surface area (Å²) in [4.78, 5) is 2.62. The molecule has 0 amide bonds. The molecule has 1 spiro atoms. The summed E-state index contributed by atoms with van der Waals surface area (Å²) in [7, 11) is 4.54. The second-order valence-electron chi connectivity index (χ2n) is 11.0. The number of piperidine rings is 1. The number of aliphatic hydroxyl groups is 1. The number of likely N-dealkylation sites (N-methyl/N-ethyl adjacent to an activating group) is 1. The highest BCUT2D eigenvalue weighted by molar-refractivity contribution is 5.86. The van der Waals surface area contributed by atoms with Crippen molar-refractivity contribution in [3.63, 3.8) is 0 Å². The lowest BCUT2D eigenvalue weighted by atomic mass is 9.63. The number of rotatable bonds is 0. The van der Waals surface area contributed by atoms with Gasteiger partial charge in [-0.05, 0) is 57.2 Å². The summed E-state index contributed by atoms with van der Waals surface area (Å²) in [6.45, 7) is 3.45. The highest BCUT2D eigenvalue weighted by Gasteiger charge is 2.65. The molecule has 6 heteroatoms. The fourth-order valence-corrected chi connectivity index (χ4v) is 8.08. The molecule has 8 atom stereocenters. The minimum absolute atomic E-state index is 0.240. The van der Waals surface area contributed by atoms with E-state index >= 15 is 0 Å². The molecule has 2 bridgehead atoms. The molecule has 1 N–H and O–H groups in total. The largest absolute Gasteiger partial charge is 0.388 e. The number of hydrogen-bond donors (Lipinski definition) is 1. The van der Waals surface area contributed by atoms with E-state index in [9.17, 15) is 5.11 Å². The molecule has 5 aliphatic rings. The zero-order chi connectivity index (χ0) is 21.8. The summed E-state index contributed by atoms with van der Waals surface area (Å²) in [5, 5.41) is 12.3. The van der Waals surface area contributed by atoms with Crippen molar-refractivity contribution in [3.8, 4) is 0 Å². The number of benzene rings is 1. The third kappa shape index (κ3) is 2.43. The lowest BCUT2D eigenvalue weighted by Gasteiger charge is -2.57. The molecular formula is C26H34N2O4. The first-order valence-corrected chi connectivity index (χ1v) is 12.4. The zero-order valence-corrected chi connectivity index (χ0v) is 19.3. The Labute approximate surface area is 189 Å². The quantitative estimate of drug-likeness (QED) is 0.684. The van der Waals surface area contributed by atoms with Crippen LogP contribution in [-0.2, 0) is 27.7 Å². The Bertz CT molecular complexity index is 1080. The Morgan fingerprint density at radius 2 is 1.97 bits per heavy atom. The van der Waals surface area contributed by atoms with Crippen molar-refractivity contribution in [2.45, 2.75) is 68.8 Å². The Morgan fingerprint density at radius 1 is 1.12 bits per heavy atom. The van der Waals surface area contributed by atoms with Gasteiger partial charge in [0.15, 0.2) is 11.6 Å². The molecule has 2 aromatic rings. The minimum Gasteiger partial charge on any atom is -0.388 e. The van der Waals surface area contributed by atoms with Gasteiger partial charge in [-0.3, -0.25) is 4.90 Å². The molecule has 0 aliphatic carbocycles. The molecule has 1 aromatic carbocycles. The number of aryl methyl sites for hydroxylation is 1. The zero-order valence-electron chi connectivity index (χ0n) is 19.3. The molecule has 0 unspecified atom stereocenters. The number of aliphatic hydroxyl groups excluding tert-OH is 1. The Morgan fingerprint density at radius 3 is 2.81 bits per heavy atom. The summed E-state index contributed by atoms with van der Waals surface area (Å²) in [5.74, 6) is -0.352. The first kappa shape index (κ1) is 20.0. The summed E-state index contributed by atoms with van der Waals surface area (Å²) in [5.41, 5.74) is 4.36. The van der Waals surface area contributed by atoms with Gasteiger partial charge in [-0.2, -0.15) is 0 Å². The van der Waals surface area contributed by atoms with Gasteiger partial charge in [0, 0.05) is 47.9 Å². The molecule has 0 saturated carbocycles. The van der Waals surface area contributed by atoms with Crippen LogP contribution < -0.4 is 0 Å². The van der Waals surface area contributed by atoms with Crippen LogP contribution in [0.3, 0.4) is 0 Å². The first-order chi connectivity index (χ1) is 15.4. The SMILES string of the molecule is CN1[C@H]2C[C@H]3[C@H](CO[C@]4(C)O[C@]5(C[C@H]34)OCCC[C@H]5O)[C@@H]1Cc1c2n(C)c2ccccc12. The average molecular weight is 439 g/mol. The molecule has 32 heavy (non-hydrogen) atoms. The van der Waals surface area contributed by atoms with Crippen molar-refractivity contribution in [2.75, 3.05) is 20.3 Å². The molecule has 6 heterocycles. The summed E-state index contributed by atoms with van der Waals surface area (Å²) in [6, 6.07) is 9.72. The molecule has 6 nitrogen and oxygen atoms in total. The molecule has 4 fully saturated rings. The van der Waals surface area contributed by atoms with E-state index in [1.165, 1.54) is 22.2 Å². The van der Waals surface area contributed by atoms with E-state index in [1.807, 2.05) is 0 Å². The van der Waals surface area contributed by atoms with Crippen LogP contribution in [0.4, 0.5) is 0 Å². The smallest absolute Gasteiger partial charge is 0.198 e. The van der Waals surface area contributed by atoms with Crippen molar-refractivity contribution < 1.29 is 19.3 Å². The van der Waals surface area contributed by atoms with Gasteiger partial charge in [0.25, 0.3) is 0 Å². The molecule has 172 valence electrons. The van der Waals surface area contributed by atoms with Crippen molar-refractivity contribution >= 4 is 10.9 Å². The molecular weight excluding hydrogens is 404 g/mol. The number of aromatic nitrogens is 1. The van der Waals surface area contributed by atoms with Gasteiger partial charge in [-0.15, -0.1) is 0 Å². The minimum atomic E-state index is -0.893. The van der Waals surface area contributed by atoms with Crippen LogP contribution in [0.1, 0.15) is 49.9 Å². The van der Waals surface area contributed by atoms with Crippen LogP contribution in [-0.4, -0.2) is 58.6 Å². The highest BCUT2D eigenvalue weighted by atomic mass is 16.8. The number of para-hydroxylation sites is 1. The summed E-state index contributed by atoms with van der Waals surface area (Å²) >= 11 is 0. The Balaban J connectivity index is 1.30. The van der Waals surface area contributed by atoms with Crippen molar-refractivity contribution in [1.82, 2.24) is 9.47 Å². The number of hydrogen-bond acceptors (Lipinski definition) is 5. The van der Waals surface area contributed by atoms with Crippen molar-refractivity contribution in [3.05, 3.63) is 35.5 Å².